The van der Waals surface area contributed by atoms with Crippen molar-refractivity contribution in [2.24, 2.45) is 7.05 Å². The fourth-order valence-corrected chi connectivity index (χ4v) is 4.76. The van der Waals surface area contributed by atoms with Crippen LogP contribution in [0.4, 0.5) is 0 Å². The first-order chi connectivity index (χ1) is 14.4. The van der Waals surface area contributed by atoms with Crippen LogP contribution in [0.3, 0.4) is 0 Å². The zero-order valence-electron chi connectivity index (χ0n) is 16.2. The Labute approximate surface area is 180 Å². The van der Waals surface area contributed by atoms with Gasteiger partial charge < -0.3 is 9.67 Å². The van der Waals surface area contributed by atoms with Gasteiger partial charge in [0, 0.05) is 16.9 Å². The summed E-state index contributed by atoms with van der Waals surface area (Å²) in [5.41, 5.74) is 3.81. The first-order valence-electron chi connectivity index (χ1n) is 9.34. The van der Waals surface area contributed by atoms with Crippen molar-refractivity contribution < 1.29 is 5.11 Å². The molecule has 5 rings (SSSR count). The number of aliphatic hydroxyl groups is 1. The van der Waals surface area contributed by atoms with Gasteiger partial charge in [0.2, 0.25) is 0 Å². The number of nitrogens with zero attached hydrogens (tertiary/aromatic N) is 4. The number of rotatable bonds is 3. The van der Waals surface area contributed by atoms with Crippen LogP contribution in [0.5, 0.6) is 0 Å². The summed E-state index contributed by atoms with van der Waals surface area (Å²) in [5.74, 6) is 0.578. The van der Waals surface area contributed by atoms with E-state index in [0.717, 1.165) is 16.0 Å². The molecule has 0 fully saturated rings. The summed E-state index contributed by atoms with van der Waals surface area (Å²) in [4.78, 5) is 23.2. The normalized spacial score (nSPS) is 12.7. The minimum atomic E-state index is -0.677. The average molecular weight is 437 g/mol. The third-order valence-corrected chi connectivity index (χ3v) is 6.53. The number of halogens is 1. The molecule has 3 aromatic heterocycles. The Morgan fingerprint density at radius 2 is 1.87 bits per heavy atom. The molecule has 30 heavy (non-hydrogen) atoms. The van der Waals surface area contributed by atoms with Gasteiger partial charge in [-0.15, -0.1) is 11.3 Å². The topological polar surface area (TPSA) is 72.9 Å². The van der Waals surface area contributed by atoms with Crippen LogP contribution < -0.4 is 5.56 Å². The van der Waals surface area contributed by atoms with Crippen LogP contribution in [0.25, 0.3) is 37.4 Å². The zero-order chi connectivity index (χ0) is 21.0. The van der Waals surface area contributed by atoms with Gasteiger partial charge in [0.05, 0.1) is 22.2 Å². The number of aromatic nitrogens is 4. The lowest BCUT2D eigenvalue weighted by Crippen LogP contribution is -2.17. The molecule has 150 valence electrons. The molecule has 0 aliphatic rings. The quantitative estimate of drug-likeness (QED) is 0.444. The van der Waals surface area contributed by atoms with Crippen LogP contribution in [0.15, 0.2) is 59.7 Å². The maximum Gasteiger partial charge on any atom is 0.275 e. The molecule has 0 bridgehead atoms. The van der Waals surface area contributed by atoms with E-state index in [1.165, 1.54) is 15.9 Å². The second-order valence-corrected chi connectivity index (χ2v) is 8.62. The van der Waals surface area contributed by atoms with Crippen LogP contribution in [0.2, 0.25) is 5.02 Å². The summed E-state index contributed by atoms with van der Waals surface area (Å²) >= 11 is 7.39. The Hall–Kier alpha value is -3.00. The van der Waals surface area contributed by atoms with Crippen molar-refractivity contribution in [3.8, 4) is 16.1 Å². The van der Waals surface area contributed by atoms with E-state index in [9.17, 15) is 9.90 Å². The maximum atomic E-state index is 13.2. The lowest BCUT2D eigenvalue weighted by atomic mass is 10.2. The molecule has 0 aliphatic carbocycles. The monoisotopic (exact) mass is 436 g/mol. The van der Waals surface area contributed by atoms with E-state index in [1.54, 1.807) is 13.3 Å². The van der Waals surface area contributed by atoms with Gasteiger partial charge in [0.1, 0.15) is 23.0 Å². The van der Waals surface area contributed by atoms with Crippen molar-refractivity contribution in [1.29, 1.82) is 0 Å². The molecule has 6 nitrogen and oxygen atoms in total. The number of hydrogen-bond acceptors (Lipinski definition) is 5. The second kappa shape index (κ2) is 7.05. The smallest absolute Gasteiger partial charge is 0.275 e. The van der Waals surface area contributed by atoms with Crippen molar-refractivity contribution >= 4 is 44.2 Å². The summed E-state index contributed by atoms with van der Waals surface area (Å²) in [5, 5.41) is 10.6. The van der Waals surface area contributed by atoms with Crippen LogP contribution in [0.1, 0.15) is 18.9 Å². The van der Waals surface area contributed by atoms with Gasteiger partial charge in [-0.05, 0) is 48.9 Å². The summed E-state index contributed by atoms with van der Waals surface area (Å²) < 4.78 is 3.97. The first kappa shape index (κ1) is 19.0. The Balaban J connectivity index is 1.63. The summed E-state index contributed by atoms with van der Waals surface area (Å²) in [6.07, 6.45) is 0.868. The number of benzene rings is 2. The Morgan fingerprint density at radius 1 is 1.10 bits per heavy atom. The van der Waals surface area contributed by atoms with Crippen molar-refractivity contribution in [2.75, 3.05) is 0 Å². The predicted molar refractivity (Wildman–Crippen MR) is 121 cm³/mol. The van der Waals surface area contributed by atoms with Crippen molar-refractivity contribution in [1.82, 2.24) is 19.1 Å². The molecule has 0 spiro atoms. The minimum absolute atomic E-state index is 0.128. The van der Waals surface area contributed by atoms with Gasteiger partial charge in [-0.25, -0.2) is 9.97 Å². The Kier molecular flexibility index (Phi) is 4.47. The molecule has 5 aromatic rings. The standard InChI is InChI=1S/C22H17ClN4O2S/c1-12(28)21-25-16-9-15(7-8-18(16)26(21)2)27-11-24-17-10-19(30-20(17)22(27)29)13-3-5-14(23)6-4-13/h3-12,28H,1-2H3. The maximum absolute atomic E-state index is 13.2. The highest BCUT2D eigenvalue weighted by atomic mass is 35.5. The van der Waals surface area contributed by atoms with E-state index in [0.29, 0.717) is 32.3 Å². The van der Waals surface area contributed by atoms with Gasteiger partial charge in [0.15, 0.2) is 0 Å². The van der Waals surface area contributed by atoms with E-state index in [-0.39, 0.29) is 5.56 Å². The summed E-state index contributed by atoms with van der Waals surface area (Å²) in [6.45, 7) is 1.68. The van der Waals surface area contributed by atoms with Crippen LogP contribution in [-0.2, 0) is 7.05 Å². The largest absolute Gasteiger partial charge is 0.385 e. The molecular formula is C22H17ClN4O2S. The van der Waals surface area contributed by atoms with Crippen LogP contribution in [-0.4, -0.2) is 24.2 Å². The molecule has 0 radical (unpaired) electrons. The molecule has 3 heterocycles. The van der Waals surface area contributed by atoms with E-state index >= 15 is 0 Å². The molecular weight excluding hydrogens is 420 g/mol. The van der Waals surface area contributed by atoms with Crippen LogP contribution >= 0.6 is 22.9 Å². The highest BCUT2D eigenvalue weighted by Crippen LogP contribution is 2.31. The number of hydrogen-bond donors (Lipinski definition) is 1. The fraction of sp³-hybridized carbons (Fsp3) is 0.136. The van der Waals surface area contributed by atoms with E-state index in [2.05, 4.69) is 9.97 Å². The highest BCUT2D eigenvalue weighted by molar-refractivity contribution is 7.22. The number of thiophene rings is 1. The second-order valence-electron chi connectivity index (χ2n) is 7.13. The fourth-order valence-electron chi connectivity index (χ4n) is 3.58. The molecule has 1 unspecified atom stereocenters. The molecule has 0 amide bonds. The van der Waals surface area contributed by atoms with Gasteiger partial charge >= 0.3 is 0 Å². The van der Waals surface area contributed by atoms with Gasteiger partial charge in [-0.3, -0.25) is 9.36 Å². The third kappa shape index (κ3) is 3.02. The molecule has 8 heteroatoms. The van der Waals surface area contributed by atoms with Crippen molar-refractivity contribution in [3.63, 3.8) is 0 Å². The minimum Gasteiger partial charge on any atom is -0.385 e. The molecule has 0 saturated heterocycles. The van der Waals surface area contributed by atoms with Crippen LogP contribution in [0, 0.1) is 0 Å². The molecule has 1 atom stereocenters. The molecule has 0 aliphatic heterocycles. The zero-order valence-corrected chi connectivity index (χ0v) is 17.8. The van der Waals surface area contributed by atoms with E-state index < -0.39 is 6.10 Å². The molecule has 2 aromatic carbocycles. The summed E-state index contributed by atoms with van der Waals surface area (Å²) in [6, 6.07) is 15.0. The van der Waals surface area contributed by atoms with E-state index in [1.807, 2.05) is 60.1 Å². The third-order valence-electron chi connectivity index (χ3n) is 5.12. The van der Waals surface area contributed by atoms with Gasteiger partial charge in [-0.2, -0.15) is 0 Å². The summed E-state index contributed by atoms with van der Waals surface area (Å²) in [7, 11) is 1.86. The predicted octanol–water partition coefficient (Wildman–Crippen LogP) is 4.71. The lowest BCUT2D eigenvalue weighted by molar-refractivity contribution is 0.186. The van der Waals surface area contributed by atoms with Gasteiger partial charge in [0.25, 0.3) is 5.56 Å². The molecule has 1 N–H and O–H groups in total. The Morgan fingerprint density at radius 3 is 2.60 bits per heavy atom. The van der Waals surface area contributed by atoms with Gasteiger partial charge in [-0.1, -0.05) is 23.7 Å². The SMILES string of the molecule is CC(O)c1nc2cc(-n3cnc4cc(-c5ccc(Cl)cc5)sc4c3=O)ccc2n1C. The highest BCUT2D eigenvalue weighted by Gasteiger charge is 2.15. The van der Waals surface area contributed by atoms with E-state index in [4.69, 9.17) is 11.6 Å². The number of fused-ring (bicyclic) bond motifs is 2. The number of aryl methyl sites for hydroxylation is 1. The molecule has 0 saturated carbocycles. The average Bonchev–Trinajstić information content (AvgIpc) is 3.31. The first-order valence-corrected chi connectivity index (χ1v) is 10.5. The van der Waals surface area contributed by atoms with Crippen molar-refractivity contribution in [3.05, 3.63) is 76.1 Å². The number of imidazole rings is 1. The number of aliphatic hydroxyl groups excluding tert-OH is 1. The van der Waals surface area contributed by atoms with Crippen molar-refractivity contribution in [2.45, 2.75) is 13.0 Å². The Bertz CT molecular complexity index is 1460. The lowest BCUT2D eigenvalue weighted by Gasteiger charge is -2.06.